The Morgan fingerprint density at radius 1 is 1.40 bits per heavy atom. The first-order valence-electron chi connectivity index (χ1n) is 7.12. The molecule has 0 N–H and O–H groups in total. The molecule has 0 amide bonds. The van der Waals surface area contributed by atoms with E-state index in [4.69, 9.17) is 11.6 Å². The van der Waals surface area contributed by atoms with Gasteiger partial charge in [-0.05, 0) is 51.7 Å². The van der Waals surface area contributed by atoms with Gasteiger partial charge in [0.2, 0.25) is 0 Å². The lowest BCUT2D eigenvalue weighted by Crippen LogP contribution is -2.34. The smallest absolute Gasteiger partial charge is 0.138 e. The molecule has 1 fully saturated rings. The summed E-state index contributed by atoms with van der Waals surface area (Å²) in [5, 5.41) is 0.713. The lowest BCUT2D eigenvalue weighted by atomic mass is 9.95. The van der Waals surface area contributed by atoms with Gasteiger partial charge in [-0.2, -0.15) is 0 Å². The zero-order valence-electron chi connectivity index (χ0n) is 12.5. The highest BCUT2D eigenvalue weighted by Gasteiger charge is 2.27. The second-order valence-corrected chi connectivity index (χ2v) is 6.32. The van der Waals surface area contributed by atoms with Crippen molar-refractivity contribution < 1.29 is 4.79 Å². The van der Waals surface area contributed by atoms with E-state index in [9.17, 15) is 4.79 Å². The largest absolute Gasteiger partial charge is 0.305 e. The molecule has 1 saturated heterocycles. The van der Waals surface area contributed by atoms with Crippen molar-refractivity contribution in [3.8, 4) is 0 Å². The molecule has 3 nitrogen and oxygen atoms in total. The number of rotatable bonds is 5. The van der Waals surface area contributed by atoms with Crippen molar-refractivity contribution in [3.63, 3.8) is 0 Å². The second-order valence-electron chi connectivity index (χ2n) is 5.88. The fourth-order valence-corrected chi connectivity index (χ4v) is 2.95. The Bertz CT molecular complexity index is 458. The van der Waals surface area contributed by atoms with E-state index in [2.05, 4.69) is 23.9 Å². The SMILES string of the molecule is CC(=O)[C@@H](CN1CC[C@H](N(C)C)C1)c1ccc(Cl)cc1. The lowest BCUT2D eigenvalue weighted by molar-refractivity contribution is -0.118. The van der Waals surface area contributed by atoms with Crippen LogP contribution in [0.25, 0.3) is 0 Å². The Hall–Kier alpha value is -0.900. The number of likely N-dealkylation sites (N-methyl/N-ethyl adjacent to an activating group) is 1. The second kappa shape index (κ2) is 6.70. The first kappa shape index (κ1) is 15.5. The molecule has 1 aliphatic rings. The van der Waals surface area contributed by atoms with Crippen molar-refractivity contribution in [2.45, 2.75) is 25.3 Å². The van der Waals surface area contributed by atoms with Crippen molar-refractivity contribution in [3.05, 3.63) is 34.9 Å². The molecular formula is C16H23ClN2O. The third-order valence-electron chi connectivity index (χ3n) is 4.18. The van der Waals surface area contributed by atoms with E-state index in [1.807, 2.05) is 24.3 Å². The summed E-state index contributed by atoms with van der Waals surface area (Å²) < 4.78 is 0. The zero-order valence-corrected chi connectivity index (χ0v) is 13.2. The molecule has 20 heavy (non-hydrogen) atoms. The molecular weight excluding hydrogens is 272 g/mol. The quantitative estimate of drug-likeness (QED) is 0.834. The Labute approximate surface area is 126 Å². The third kappa shape index (κ3) is 3.81. The molecule has 4 heteroatoms. The monoisotopic (exact) mass is 294 g/mol. The number of ketones is 1. The topological polar surface area (TPSA) is 23.6 Å². The van der Waals surface area contributed by atoms with Crippen molar-refractivity contribution in [1.29, 1.82) is 0 Å². The van der Waals surface area contributed by atoms with E-state index in [1.54, 1.807) is 6.92 Å². The minimum Gasteiger partial charge on any atom is -0.305 e. The van der Waals surface area contributed by atoms with Gasteiger partial charge in [0.1, 0.15) is 5.78 Å². The van der Waals surface area contributed by atoms with Crippen LogP contribution in [0.4, 0.5) is 0 Å². The summed E-state index contributed by atoms with van der Waals surface area (Å²) in [4.78, 5) is 16.6. The summed E-state index contributed by atoms with van der Waals surface area (Å²) in [5.41, 5.74) is 1.07. The summed E-state index contributed by atoms with van der Waals surface area (Å²) in [6, 6.07) is 8.26. The molecule has 0 bridgehead atoms. The number of benzene rings is 1. The fraction of sp³-hybridized carbons (Fsp3) is 0.562. The number of Topliss-reactive ketones (excluding diaryl/α,β-unsaturated/α-hetero) is 1. The van der Waals surface area contributed by atoms with Crippen LogP contribution in [-0.2, 0) is 4.79 Å². The van der Waals surface area contributed by atoms with Crippen LogP contribution in [0.15, 0.2) is 24.3 Å². The van der Waals surface area contributed by atoms with Gasteiger partial charge in [0.05, 0.1) is 5.92 Å². The zero-order chi connectivity index (χ0) is 14.7. The van der Waals surface area contributed by atoms with E-state index in [0.717, 1.165) is 25.2 Å². The van der Waals surface area contributed by atoms with E-state index < -0.39 is 0 Å². The van der Waals surface area contributed by atoms with Gasteiger partial charge < -0.3 is 9.80 Å². The van der Waals surface area contributed by atoms with Gasteiger partial charge in [-0.25, -0.2) is 0 Å². The summed E-state index contributed by atoms with van der Waals surface area (Å²) in [5.74, 6) is 0.175. The minimum absolute atomic E-state index is 0.0480. The lowest BCUT2D eigenvalue weighted by Gasteiger charge is -2.24. The maximum atomic E-state index is 12.0. The van der Waals surface area contributed by atoms with Gasteiger partial charge in [0, 0.05) is 24.2 Å². The number of hydrogen-bond donors (Lipinski definition) is 0. The first-order chi connectivity index (χ1) is 9.47. The average molecular weight is 295 g/mol. The molecule has 0 spiro atoms. The maximum absolute atomic E-state index is 12.0. The fourth-order valence-electron chi connectivity index (χ4n) is 2.82. The molecule has 1 aromatic carbocycles. The molecule has 1 heterocycles. The van der Waals surface area contributed by atoms with Gasteiger partial charge in [-0.15, -0.1) is 0 Å². The first-order valence-corrected chi connectivity index (χ1v) is 7.50. The average Bonchev–Trinajstić information content (AvgIpc) is 2.86. The Morgan fingerprint density at radius 2 is 2.05 bits per heavy atom. The number of nitrogens with zero attached hydrogens (tertiary/aromatic N) is 2. The summed E-state index contributed by atoms with van der Waals surface area (Å²) in [7, 11) is 4.24. The van der Waals surface area contributed by atoms with E-state index in [-0.39, 0.29) is 11.7 Å². The molecule has 2 atom stereocenters. The third-order valence-corrected chi connectivity index (χ3v) is 4.43. The van der Waals surface area contributed by atoms with Crippen LogP contribution >= 0.6 is 11.6 Å². The van der Waals surface area contributed by atoms with Gasteiger partial charge >= 0.3 is 0 Å². The molecule has 1 aromatic rings. The minimum atomic E-state index is -0.0480. The highest BCUT2D eigenvalue weighted by atomic mass is 35.5. The Kier molecular flexibility index (Phi) is 5.19. The number of likely N-dealkylation sites (tertiary alicyclic amines) is 1. The van der Waals surface area contributed by atoms with Crippen LogP contribution in [0.2, 0.25) is 5.02 Å². The highest BCUT2D eigenvalue weighted by molar-refractivity contribution is 6.30. The number of carbonyl (C=O) groups is 1. The number of halogens is 1. The van der Waals surface area contributed by atoms with E-state index >= 15 is 0 Å². The molecule has 0 saturated carbocycles. The molecule has 0 aromatic heterocycles. The predicted molar refractivity (Wildman–Crippen MR) is 83.4 cm³/mol. The van der Waals surface area contributed by atoms with Crippen LogP contribution in [0.1, 0.15) is 24.8 Å². The normalized spacial score (nSPS) is 21.4. The van der Waals surface area contributed by atoms with Crippen molar-refractivity contribution in [2.75, 3.05) is 33.7 Å². The number of hydrogen-bond acceptors (Lipinski definition) is 3. The maximum Gasteiger partial charge on any atom is 0.138 e. The molecule has 2 rings (SSSR count). The van der Waals surface area contributed by atoms with Crippen LogP contribution in [0.5, 0.6) is 0 Å². The highest BCUT2D eigenvalue weighted by Crippen LogP contribution is 2.23. The molecule has 0 radical (unpaired) electrons. The summed E-state index contributed by atoms with van der Waals surface area (Å²) in [6.07, 6.45) is 1.18. The van der Waals surface area contributed by atoms with Crippen LogP contribution in [0.3, 0.4) is 0 Å². The van der Waals surface area contributed by atoms with Crippen molar-refractivity contribution >= 4 is 17.4 Å². The summed E-state index contributed by atoms with van der Waals surface area (Å²) >= 11 is 5.92. The van der Waals surface area contributed by atoms with Crippen LogP contribution in [0, 0.1) is 0 Å². The predicted octanol–water partition coefficient (Wildman–Crippen LogP) is 2.65. The molecule has 0 unspecified atom stereocenters. The van der Waals surface area contributed by atoms with Gasteiger partial charge in [0.25, 0.3) is 0 Å². The molecule has 110 valence electrons. The van der Waals surface area contributed by atoms with Gasteiger partial charge in [-0.1, -0.05) is 23.7 Å². The van der Waals surface area contributed by atoms with E-state index in [1.165, 1.54) is 6.42 Å². The van der Waals surface area contributed by atoms with Gasteiger partial charge in [-0.3, -0.25) is 4.79 Å². The Morgan fingerprint density at radius 3 is 2.55 bits per heavy atom. The molecule has 1 aliphatic heterocycles. The summed E-state index contributed by atoms with van der Waals surface area (Å²) in [6.45, 7) is 4.60. The van der Waals surface area contributed by atoms with Crippen LogP contribution < -0.4 is 0 Å². The molecule has 0 aliphatic carbocycles. The van der Waals surface area contributed by atoms with Crippen molar-refractivity contribution in [2.24, 2.45) is 0 Å². The van der Waals surface area contributed by atoms with E-state index in [0.29, 0.717) is 11.1 Å². The standard InChI is InChI=1S/C16H23ClN2O/c1-12(20)16(13-4-6-14(17)7-5-13)11-19-9-8-15(10-19)18(2)3/h4-7,15-16H,8-11H2,1-3H3/t15-,16+/m0/s1. The number of carbonyl (C=O) groups excluding carboxylic acids is 1. The van der Waals surface area contributed by atoms with Crippen molar-refractivity contribution in [1.82, 2.24) is 9.80 Å². The van der Waals surface area contributed by atoms with Crippen LogP contribution in [-0.4, -0.2) is 55.4 Å². The van der Waals surface area contributed by atoms with Gasteiger partial charge in [0.15, 0.2) is 0 Å². The Balaban J connectivity index is 2.04.